The second-order valence-electron chi connectivity index (χ2n) is 5.81. The summed E-state index contributed by atoms with van der Waals surface area (Å²) < 4.78 is 1.52. The first kappa shape index (κ1) is 17.0. The van der Waals surface area contributed by atoms with Crippen molar-refractivity contribution in [3.05, 3.63) is 69.6 Å². The molecule has 0 spiro atoms. The maximum atomic E-state index is 12.4. The number of hydrogen-bond donors (Lipinski definition) is 0. The lowest BCUT2D eigenvalue weighted by Gasteiger charge is -2.10. The van der Waals surface area contributed by atoms with Gasteiger partial charge in [-0.05, 0) is 5.56 Å². The van der Waals surface area contributed by atoms with E-state index < -0.39 is 0 Å². The van der Waals surface area contributed by atoms with E-state index >= 15 is 0 Å². The van der Waals surface area contributed by atoms with Crippen LogP contribution in [0.5, 0.6) is 0 Å². The molecule has 132 valence electrons. The summed E-state index contributed by atoms with van der Waals surface area (Å²) in [5, 5.41) is 7.83. The van der Waals surface area contributed by atoms with Gasteiger partial charge in [0, 0.05) is 29.8 Å². The summed E-state index contributed by atoms with van der Waals surface area (Å²) in [6, 6.07) is 11.4. The van der Waals surface area contributed by atoms with E-state index in [-0.39, 0.29) is 11.5 Å². The quantitative estimate of drug-likeness (QED) is 0.678. The van der Waals surface area contributed by atoms with Gasteiger partial charge < -0.3 is 0 Å². The smallest absolute Gasteiger partial charge is 0.258 e. The minimum absolute atomic E-state index is 0.0187. The Morgan fingerprint density at radius 2 is 2.12 bits per heavy atom. The van der Waals surface area contributed by atoms with Gasteiger partial charge in [-0.25, -0.2) is 9.99 Å². The van der Waals surface area contributed by atoms with Crippen LogP contribution in [-0.2, 0) is 10.5 Å². The van der Waals surface area contributed by atoms with E-state index in [1.165, 1.54) is 33.6 Å². The van der Waals surface area contributed by atoms with Crippen LogP contribution in [0.2, 0.25) is 0 Å². The summed E-state index contributed by atoms with van der Waals surface area (Å²) in [5.74, 6) is 0.824. The van der Waals surface area contributed by atoms with Crippen molar-refractivity contribution in [1.82, 2.24) is 14.4 Å². The maximum absolute atomic E-state index is 12.4. The van der Waals surface area contributed by atoms with Crippen LogP contribution in [-0.4, -0.2) is 38.3 Å². The van der Waals surface area contributed by atoms with Gasteiger partial charge in [-0.3, -0.25) is 14.0 Å². The van der Waals surface area contributed by atoms with Gasteiger partial charge in [-0.15, -0.1) is 23.1 Å². The minimum atomic E-state index is -0.0881. The highest BCUT2D eigenvalue weighted by Gasteiger charge is 2.21. The van der Waals surface area contributed by atoms with Crippen molar-refractivity contribution in [1.29, 1.82) is 0 Å². The third kappa shape index (κ3) is 3.56. The zero-order chi connectivity index (χ0) is 17.9. The number of rotatable bonds is 5. The summed E-state index contributed by atoms with van der Waals surface area (Å²) >= 11 is 2.88. The Morgan fingerprint density at radius 1 is 1.27 bits per heavy atom. The predicted octanol–water partition coefficient (Wildman–Crippen LogP) is 2.63. The van der Waals surface area contributed by atoms with E-state index in [2.05, 4.69) is 10.1 Å². The number of amides is 1. The van der Waals surface area contributed by atoms with Crippen LogP contribution in [0, 0.1) is 0 Å². The Bertz CT molecular complexity index is 1030. The predicted molar refractivity (Wildman–Crippen MR) is 105 cm³/mol. The van der Waals surface area contributed by atoms with Crippen LogP contribution in [0.1, 0.15) is 17.7 Å². The number of thiazole rings is 1. The van der Waals surface area contributed by atoms with Gasteiger partial charge in [0.1, 0.15) is 0 Å². The highest BCUT2D eigenvalue weighted by atomic mass is 32.2. The summed E-state index contributed by atoms with van der Waals surface area (Å²) in [6.45, 7) is 0.615. The number of carbonyl (C=O) groups is 1. The molecule has 0 fully saturated rings. The molecule has 0 saturated heterocycles. The molecule has 8 heteroatoms. The van der Waals surface area contributed by atoms with Crippen molar-refractivity contribution >= 4 is 39.7 Å². The molecule has 1 aliphatic rings. The van der Waals surface area contributed by atoms with Crippen LogP contribution in [0.25, 0.3) is 4.96 Å². The third-order valence-electron chi connectivity index (χ3n) is 4.03. The molecule has 0 atom stereocenters. The largest absolute Gasteiger partial charge is 0.272 e. The third-order valence-corrected chi connectivity index (χ3v) is 5.74. The van der Waals surface area contributed by atoms with Gasteiger partial charge in [-0.1, -0.05) is 30.3 Å². The van der Waals surface area contributed by atoms with E-state index in [9.17, 15) is 9.59 Å². The second-order valence-corrected chi connectivity index (χ2v) is 7.67. The molecule has 6 nitrogen and oxygen atoms in total. The van der Waals surface area contributed by atoms with Crippen molar-refractivity contribution in [2.45, 2.75) is 12.2 Å². The number of hydrazone groups is 1. The van der Waals surface area contributed by atoms with E-state index in [0.29, 0.717) is 28.7 Å². The fourth-order valence-corrected chi connectivity index (χ4v) is 4.27. The molecule has 2 aromatic heterocycles. The Morgan fingerprint density at radius 3 is 2.96 bits per heavy atom. The molecule has 4 rings (SSSR count). The normalized spacial score (nSPS) is 14.0. The van der Waals surface area contributed by atoms with Crippen molar-refractivity contribution in [3.63, 3.8) is 0 Å². The highest BCUT2D eigenvalue weighted by Crippen LogP contribution is 2.17. The van der Waals surface area contributed by atoms with Crippen LogP contribution in [0.15, 0.2) is 57.9 Å². The van der Waals surface area contributed by atoms with Crippen molar-refractivity contribution in [2.75, 3.05) is 12.3 Å². The van der Waals surface area contributed by atoms with E-state index in [4.69, 9.17) is 0 Å². The second kappa shape index (κ2) is 7.43. The van der Waals surface area contributed by atoms with Gasteiger partial charge in [0.25, 0.3) is 11.5 Å². The number of carbonyl (C=O) groups excluding carboxylic acids is 1. The SMILES string of the molecule is O=C(CSCc1cc(=O)n2ccsc2n1)N1CCC(c2ccccc2)=N1. The number of nitrogens with zero attached hydrogens (tertiary/aromatic N) is 4. The van der Waals surface area contributed by atoms with Gasteiger partial charge in [0.05, 0.1) is 23.7 Å². The Kier molecular flexibility index (Phi) is 4.85. The van der Waals surface area contributed by atoms with Gasteiger partial charge in [0.15, 0.2) is 4.96 Å². The molecule has 26 heavy (non-hydrogen) atoms. The molecule has 1 amide bonds. The Labute approximate surface area is 158 Å². The molecule has 1 aliphatic heterocycles. The minimum Gasteiger partial charge on any atom is -0.272 e. The van der Waals surface area contributed by atoms with E-state index in [1.54, 1.807) is 11.2 Å². The fourth-order valence-electron chi connectivity index (χ4n) is 2.75. The molecule has 0 bridgehead atoms. The first-order chi connectivity index (χ1) is 12.7. The first-order valence-electron chi connectivity index (χ1n) is 8.17. The number of thioether (sulfide) groups is 1. The fraction of sp³-hybridized carbons (Fsp3) is 0.222. The summed E-state index contributed by atoms with van der Waals surface area (Å²) in [6.07, 6.45) is 2.49. The van der Waals surface area contributed by atoms with Crippen LogP contribution in [0.4, 0.5) is 0 Å². The average Bonchev–Trinajstić information content (AvgIpc) is 3.32. The molecule has 0 radical (unpaired) electrons. The molecule has 0 aliphatic carbocycles. The molecule has 0 unspecified atom stereocenters. The summed E-state index contributed by atoms with van der Waals surface area (Å²) in [5.41, 5.74) is 2.62. The lowest BCUT2D eigenvalue weighted by molar-refractivity contribution is -0.127. The number of aromatic nitrogens is 2. The topological polar surface area (TPSA) is 67.0 Å². The Hall–Kier alpha value is -2.45. The van der Waals surface area contributed by atoms with E-state index in [1.807, 2.05) is 35.7 Å². The molecule has 1 aromatic carbocycles. The van der Waals surface area contributed by atoms with Crippen LogP contribution in [0.3, 0.4) is 0 Å². The molecule has 3 heterocycles. The average molecular weight is 384 g/mol. The number of benzene rings is 1. The van der Waals surface area contributed by atoms with Crippen molar-refractivity contribution < 1.29 is 4.79 Å². The molecule has 3 aromatic rings. The van der Waals surface area contributed by atoms with Gasteiger partial charge in [0.2, 0.25) is 0 Å². The number of hydrogen-bond acceptors (Lipinski definition) is 6. The molecule has 0 N–H and O–H groups in total. The zero-order valence-electron chi connectivity index (χ0n) is 13.9. The van der Waals surface area contributed by atoms with E-state index in [0.717, 1.165) is 17.7 Å². The van der Waals surface area contributed by atoms with Gasteiger partial charge >= 0.3 is 0 Å². The first-order valence-corrected chi connectivity index (χ1v) is 10.2. The molecular formula is C18H16N4O2S2. The standard InChI is InChI=1S/C18H16N4O2S2/c23-16-10-14(19-18-21(16)8-9-26-18)11-25-12-17(24)22-7-6-15(20-22)13-4-2-1-3-5-13/h1-5,8-10H,6-7,11-12H2. The molecular weight excluding hydrogens is 368 g/mol. The van der Waals surface area contributed by atoms with Crippen molar-refractivity contribution in [3.8, 4) is 0 Å². The van der Waals surface area contributed by atoms with Crippen LogP contribution >= 0.6 is 23.1 Å². The lowest BCUT2D eigenvalue weighted by atomic mass is 10.1. The summed E-state index contributed by atoms with van der Waals surface area (Å²) in [4.78, 5) is 29.5. The highest BCUT2D eigenvalue weighted by molar-refractivity contribution is 7.99. The summed E-state index contributed by atoms with van der Waals surface area (Å²) in [7, 11) is 0. The Balaban J connectivity index is 1.35. The molecule has 0 saturated carbocycles. The van der Waals surface area contributed by atoms with Crippen LogP contribution < -0.4 is 5.56 Å². The lowest BCUT2D eigenvalue weighted by Crippen LogP contribution is -2.25. The zero-order valence-corrected chi connectivity index (χ0v) is 15.5. The number of fused-ring (bicyclic) bond motifs is 1. The maximum Gasteiger partial charge on any atom is 0.258 e. The monoisotopic (exact) mass is 384 g/mol. The van der Waals surface area contributed by atoms with Gasteiger partial charge in [-0.2, -0.15) is 5.10 Å². The van der Waals surface area contributed by atoms with Crippen molar-refractivity contribution in [2.24, 2.45) is 5.10 Å².